The van der Waals surface area contributed by atoms with Crippen molar-refractivity contribution in [1.82, 2.24) is 0 Å². The fourth-order valence-electron chi connectivity index (χ4n) is 6.03. The third kappa shape index (κ3) is 1.94. The summed E-state index contributed by atoms with van der Waals surface area (Å²) >= 11 is 0. The maximum atomic E-state index is 11.1. The van der Waals surface area contributed by atoms with Gasteiger partial charge in [-0.2, -0.15) is 0 Å². The molecule has 4 aliphatic carbocycles. The molecule has 0 radical (unpaired) electrons. The van der Waals surface area contributed by atoms with Crippen molar-refractivity contribution in [2.45, 2.75) is 58.5 Å². The average Bonchev–Trinajstić information content (AvgIpc) is 2.35. The summed E-state index contributed by atoms with van der Waals surface area (Å²) in [6.45, 7) is 4.28. The lowest BCUT2D eigenvalue weighted by Gasteiger charge is -2.58. The van der Waals surface area contributed by atoms with E-state index in [1.807, 2.05) is 0 Å². The Kier molecular flexibility index (Phi) is 2.79. The van der Waals surface area contributed by atoms with E-state index in [-0.39, 0.29) is 11.5 Å². The van der Waals surface area contributed by atoms with Gasteiger partial charge in [0.05, 0.1) is 6.10 Å². The smallest absolute Gasteiger partial charge is 0.0846 e. The molecular weight excluding hydrogens is 244 g/mol. The van der Waals surface area contributed by atoms with E-state index in [0.29, 0.717) is 0 Å². The molecule has 1 atom stereocenters. The molecule has 1 aromatic carbocycles. The number of hydrogen-bond donors (Lipinski definition) is 1. The maximum absolute atomic E-state index is 11.1. The Morgan fingerprint density at radius 2 is 1.35 bits per heavy atom. The lowest BCUT2D eigenvalue weighted by atomic mass is 9.47. The average molecular weight is 270 g/mol. The molecule has 0 heterocycles. The largest absolute Gasteiger partial charge is 0.388 e. The fraction of sp³-hybridized carbons (Fsp3) is 0.684. The zero-order valence-corrected chi connectivity index (χ0v) is 12.7. The zero-order chi connectivity index (χ0) is 13.9. The third-order valence-corrected chi connectivity index (χ3v) is 6.23. The van der Waals surface area contributed by atoms with Gasteiger partial charge in [-0.3, -0.25) is 0 Å². The van der Waals surface area contributed by atoms with Crippen molar-refractivity contribution >= 4 is 0 Å². The maximum Gasteiger partial charge on any atom is 0.0846 e. The second-order valence-electron chi connectivity index (χ2n) is 8.10. The van der Waals surface area contributed by atoms with Gasteiger partial charge in [0.25, 0.3) is 0 Å². The Morgan fingerprint density at radius 3 is 1.80 bits per heavy atom. The molecule has 0 saturated heterocycles. The van der Waals surface area contributed by atoms with Crippen LogP contribution in [0.15, 0.2) is 18.2 Å². The number of aliphatic hydroxyl groups is 1. The minimum Gasteiger partial charge on any atom is -0.388 e. The summed E-state index contributed by atoms with van der Waals surface area (Å²) in [5.74, 6) is 2.71. The first-order valence-electron chi connectivity index (χ1n) is 8.30. The van der Waals surface area contributed by atoms with Gasteiger partial charge in [0, 0.05) is 5.41 Å². The minimum atomic E-state index is -0.241. The lowest BCUT2D eigenvalue weighted by Crippen LogP contribution is -2.48. The molecule has 4 fully saturated rings. The van der Waals surface area contributed by atoms with Gasteiger partial charge in [0.15, 0.2) is 0 Å². The van der Waals surface area contributed by atoms with Crippen LogP contribution in [0.3, 0.4) is 0 Å². The highest BCUT2D eigenvalue weighted by atomic mass is 16.3. The number of aryl methyl sites for hydroxylation is 2. The Hall–Kier alpha value is -0.820. The van der Waals surface area contributed by atoms with Crippen molar-refractivity contribution in [3.8, 4) is 0 Å². The summed E-state index contributed by atoms with van der Waals surface area (Å²) < 4.78 is 0. The van der Waals surface area contributed by atoms with Crippen molar-refractivity contribution in [3.05, 3.63) is 34.9 Å². The van der Waals surface area contributed by atoms with E-state index in [4.69, 9.17) is 0 Å². The number of benzene rings is 1. The predicted octanol–water partition coefficient (Wildman–Crippen LogP) is 4.55. The van der Waals surface area contributed by atoms with Crippen LogP contribution in [0.2, 0.25) is 0 Å². The number of rotatable bonds is 2. The van der Waals surface area contributed by atoms with Crippen molar-refractivity contribution in [3.63, 3.8) is 0 Å². The molecule has 1 aromatic rings. The van der Waals surface area contributed by atoms with Crippen LogP contribution in [0.25, 0.3) is 0 Å². The van der Waals surface area contributed by atoms with Crippen LogP contribution in [-0.4, -0.2) is 5.11 Å². The first-order chi connectivity index (χ1) is 9.54. The van der Waals surface area contributed by atoms with Crippen molar-refractivity contribution in [1.29, 1.82) is 0 Å². The molecule has 0 aromatic heterocycles. The Morgan fingerprint density at radius 1 is 0.900 bits per heavy atom. The van der Waals surface area contributed by atoms with Gasteiger partial charge in [0.1, 0.15) is 0 Å². The van der Waals surface area contributed by atoms with E-state index in [2.05, 4.69) is 32.0 Å². The van der Waals surface area contributed by atoms with Crippen LogP contribution in [0, 0.1) is 37.0 Å². The van der Waals surface area contributed by atoms with Crippen molar-refractivity contribution < 1.29 is 5.11 Å². The van der Waals surface area contributed by atoms with Crippen molar-refractivity contribution in [2.75, 3.05) is 0 Å². The molecule has 4 bridgehead atoms. The van der Waals surface area contributed by atoms with Crippen molar-refractivity contribution in [2.24, 2.45) is 23.2 Å². The van der Waals surface area contributed by atoms with Gasteiger partial charge < -0.3 is 5.11 Å². The van der Waals surface area contributed by atoms with Gasteiger partial charge >= 0.3 is 0 Å². The van der Waals surface area contributed by atoms with Crippen LogP contribution in [0.4, 0.5) is 0 Å². The highest BCUT2D eigenvalue weighted by Gasteiger charge is 2.54. The molecule has 0 amide bonds. The summed E-state index contributed by atoms with van der Waals surface area (Å²) in [5, 5.41) is 11.1. The molecule has 0 spiro atoms. The molecule has 1 unspecified atom stereocenters. The van der Waals surface area contributed by atoms with E-state index in [1.54, 1.807) is 0 Å². The molecule has 5 rings (SSSR count). The second-order valence-corrected chi connectivity index (χ2v) is 8.10. The van der Waals surface area contributed by atoms with E-state index < -0.39 is 0 Å². The van der Waals surface area contributed by atoms with Crippen LogP contribution < -0.4 is 0 Å². The van der Waals surface area contributed by atoms with Gasteiger partial charge in [-0.05, 0) is 75.7 Å². The molecule has 1 N–H and O–H groups in total. The molecule has 20 heavy (non-hydrogen) atoms. The number of aliphatic hydroxyl groups excluding tert-OH is 1. The minimum absolute atomic E-state index is 0.203. The van der Waals surface area contributed by atoms with E-state index >= 15 is 0 Å². The zero-order valence-electron chi connectivity index (χ0n) is 12.7. The van der Waals surface area contributed by atoms with Gasteiger partial charge in [-0.25, -0.2) is 0 Å². The van der Waals surface area contributed by atoms with E-state index in [1.165, 1.54) is 55.2 Å². The molecule has 1 heteroatoms. The SMILES string of the molecule is Cc1cc(C)cc(C(O)C23CC4CC(CC(C4)C2)C3)c1. The monoisotopic (exact) mass is 270 g/mol. The Balaban J connectivity index is 1.69. The molecular formula is C19H26O. The third-order valence-electron chi connectivity index (χ3n) is 6.23. The van der Waals surface area contributed by atoms with Crippen LogP contribution >= 0.6 is 0 Å². The predicted molar refractivity (Wildman–Crippen MR) is 81.5 cm³/mol. The van der Waals surface area contributed by atoms with Crippen LogP contribution in [-0.2, 0) is 0 Å². The highest BCUT2D eigenvalue weighted by Crippen LogP contribution is 2.64. The van der Waals surface area contributed by atoms with Gasteiger partial charge in [0.2, 0.25) is 0 Å². The number of hydrogen-bond acceptors (Lipinski definition) is 1. The van der Waals surface area contributed by atoms with E-state index in [9.17, 15) is 5.11 Å². The fourth-order valence-corrected chi connectivity index (χ4v) is 6.03. The van der Waals surface area contributed by atoms with Crippen LogP contribution in [0.5, 0.6) is 0 Å². The summed E-state index contributed by atoms with van der Waals surface area (Å²) in [4.78, 5) is 0. The summed E-state index contributed by atoms with van der Waals surface area (Å²) in [6, 6.07) is 6.61. The first kappa shape index (κ1) is 12.9. The van der Waals surface area contributed by atoms with E-state index in [0.717, 1.165) is 17.8 Å². The summed E-state index contributed by atoms with van der Waals surface area (Å²) in [7, 11) is 0. The molecule has 108 valence electrons. The second kappa shape index (κ2) is 4.34. The molecule has 4 aliphatic rings. The summed E-state index contributed by atoms with van der Waals surface area (Å²) in [6.07, 6.45) is 7.90. The Bertz CT molecular complexity index is 475. The van der Waals surface area contributed by atoms with Gasteiger partial charge in [-0.15, -0.1) is 0 Å². The highest BCUT2D eigenvalue weighted by molar-refractivity contribution is 5.31. The summed E-state index contributed by atoms with van der Waals surface area (Å²) in [5.41, 5.74) is 3.94. The lowest BCUT2D eigenvalue weighted by molar-refractivity contribution is -0.122. The molecule has 1 nitrogen and oxygen atoms in total. The normalized spacial score (nSPS) is 40.0. The first-order valence-corrected chi connectivity index (χ1v) is 8.30. The van der Waals surface area contributed by atoms with Crippen LogP contribution in [0.1, 0.15) is 61.3 Å². The molecule has 0 aliphatic heterocycles. The molecule has 4 saturated carbocycles. The Labute approximate surface area is 122 Å². The van der Waals surface area contributed by atoms with Gasteiger partial charge in [-0.1, -0.05) is 29.3 Å². The topological polar surface area (TPSA) is 20.2 Å². The standard InChI is InChI=1S/C19H26O/c1-12-3-13(2)5-17(4-12)18(20)19-9-14-6-15(10-19)8-16(7-14)11-19/h3-5,14-16,18,20H,6-11H2,1-2H3. The quantitative estimate of drug-likeness (QED) is 0.835.